The summed E-state index contributed by atoms with van der Waals surface area (Å²) < 4.78 is 70.2. The van der Waals surface area contributed by atoms with Gasteiger partial charge in [0.25, 0.3) is 5.91 Å². The minimum atomic E-state index is -2.38. The summed E-state index contributed by atoms with van der Waals surface area (Å²) >= 11 is 0. The lowest BCUT2D eigenvalue weighted by Crippen LogP contribution is -2.23. The van der Waals surface area contributed by atoms with E-state index in [4.69, 9.17) is 0 Å². The van der Waals surface area contributed by atoms with Crippen LogP contribution in [0.5, 0.6) is 5.75 Å². The Labute approximate surface area is 136 Å². The zero-order chi connectivity index (χ0) is 18.7. The second-order valence-corrected chi connectivity index (χ2v) is 4.59. The number of nitrogens with one attached hydrogen (secondary N) is 1. The maximum Gasteiger partial charge on any atom is 0.342 e. The molecule has 0 heterocycles. The number of amides is 1. The van der Waals surface area contributed by atoms with Gasteiger partial charge in [-0.15, -0.1) is 0 Å². The average Bonchev–Trinajstić information content (AvgIpc) is 2.60. The summed E-state index contributed by atoms with van der Waals surface area (Å²) in [5.74, 6) is -14.3. The Kier molecular flexibility index (Phi) is 5.20. The summed E-state index contributed by atoms with van der Waals surface area (Å²) in [5, 5.41) is 10.9. The minimum absolute atomic E-state index is 0.286. The molecular weight excluding hydrogens is 353 g/mol. The lowest BCUT2D eigenvalue weighted by molar-refractivity contribution is -0.119. The Bertz CT molecular complexity index is 827. The Morgan fingerprint density at radius 1 is 0.920 bits per heavy atom. The molecule has 0 bridgehead atoms. The molecule has 5 nitrogen and oxygen atoms in total. The van der Waals surface area contributed by atoms with Gasteiger partial charge >= 0.3 is 5.97 Å². The smallest absolute Gasteiger partial charge is 0.342 e. The Balaban J connectivity index is 2.09. The summed E-state index contributed by atoms with van der Waals surface area (Å²) in [5.41, 5.74) is -1.86. The molecule has 0 fully saturated rings. The zero-order valence-corrected chi connectivity index (χ0v) is 12.1. The molecule has 0 aliphatic heterocycles. The third-order valence-electron chi connectivity index (χ3n) is 2.93. The maximum atomic E-state index is 13.4. The van der Waals surface area contributed by atoms with Gasteiger partial charge in [0.1, 0.15) is 17.0 Å². The average molecular weight is 361 g/mol. The predicted octanol–water partition coefficient (Wildman–Crippen LogP) is 2.88. The number of anilines is 1. The van der Waals surface area contributed by atoms with Gasteiger partial charge in [-0.1, -0.05) is 12.1 Å². The molecule has 2 rings (SSSR count). The van der Waals surface area contributed by atoms with Crippen LogP contribution >= 0.6 is 0 Å². The number of phenols is 1. The van der Waals surface area contributed by atoms with Crippen LogP contribution in [0.15, 0.2) is 24.3 Å². The molecule has 0 aliphatic carbocycles. The van der Waals surface area contributed by atoms with E-state index in [0.717, 1.165) is 0 Å². The highest BCUT2D eigenvalue weighted by molar-refractivity contribution is 5.96. The van der Waals surface area contributed by atoms with Crippen LogP contribution in [0.3, 0.4) is 0 Å². The van der Waals surface area contributed by atoms with Crippen LogP contribution in [0.2, 0.25) is 0 Å². The van der Waals surface area contributed by atoms with Crippen molar-refractivity contribution in [3.05, 3.63) is 58.9 Å². The highest BCUT2D eigenvalue weighted by Crippen LogP contribution is 2.27. The van der Waals surface area contributed by atoms with Crippen LogP contribution in [-0.4, -0.2) is 23.6 Å². The van der Waals surface area contributed by atoms with Gasteiger partial charge < -0.3 is 15.2 Å². The van der Waals surface area contributed by atoms with Gasteiger partial charge in [0.15, 0.2) is 29.9 Å². The molecular formula is C15H8F5NO4. The summed E-state index contributed by atoms with van der Waals surface area (Å²) in [6, 6.07) is 5.17. The molecule has 10 heteroatoms. The van der Waals surface area contributed by atoms with Crippen LogP contribution in [0.4, 0.5) is 27.6 Å². The number of ether oxygens (including phenoxy) is 1. The highest BCUT2D eigenvalue weighted by atomic mass is 19.2. The zero-order valence-electron chi connectivity index (χ0n) is 12.1. The quantitative estimate of drug-likeness (QED) is 0.380. The number of halogens is 5. The lowest BCUT2D eigenvalue weighted by Gasteiger charge is -2.10. The van der Waals surface area contributed by atoms with Crippen LogP contribution < -0.4 is 5.32 Å². The minimum Gasteiger partial charge on any atom is -0.507 e. The molecule has 132 valence electrons. The van der Waals surface area contributed by atoms with E-state index in [9.17, 15) is 36.6 Å². The number of phenolic OH excluding ortho intramolecular Hbond substituents is 1. The van der Waals surface area contributed by atoms with E-state index < -0.39 is 59.0 Å². The van der Waals surface area contributed by atoms with Crippen molar-refractivity contribution < 1.29 is 41.4 Å². The Morgan fingerprint density at radius 3 is 2.00 bits per heavy atom. The number of carbonyl (C=O) groups is 2. The maximum absolute atomic E-state index is 13.4. The fourth-order valence-electron chi connectivity index (χ4n) is 1.75. The summed E-state index contributed by atoms with van der Waals surface area (Å²) in [6.07, 6.45) is 0. The number of esters is 1. The molecule has 0 radical (unpaired) electrons. The molecule has 0 saturated carbocycles. The Morgan fingerprint density at radius 2 is 1.44 bits per heavy atom. The number of rotatable bonds is 4. The molecule has 1 amide bonds. The van der Waals surface area contributed by atoms with Crippen molar-refractivity contribution in [3.8, 4) is 5.75 Å². The van der Waals surface area contributed by atoms with Crippen molar-refractivity contribution >= 4 is 17.6 Å². The fourth-order valence-corrected chi connectivity index (χ4v) is 1.75. The SMILES string of the molecule is O=C(COC(=O)c1ccccc1O)Nc1c(F)c(F)c(F)c(F)c1F. The first-order chi connectivity index (χ1) is 11.7. The van der Waals surface area contributed by atoms with E-state index in [1.807, 2.05) is 0 Å². The van der Waals surface area contributed by atoms with Gasteiger partial charge in [-0.25, -0.2) is 26.7 Å². The topological polar surface area (TPSA) is 75.6 Å². The second kappa shape index (κ2) is 7.16. The number of aromatic hydroxyl groups is 1. The van der Waals surface area contributed by atoms with Crippen LogP contribution in [0.1, 0.15) is 10.4 Å². The molecule has 0 spiro atoms. The van der Waals surface area contributed by atoms with Crippen molar-refractivity contribution in [2.75, 3.05) is 11.9 Å². The van der Waals surface area contributed by atoms with Gasteiger partial charge in [0, 0.05) is 0 Å². The normalized spacial score (nSPS) is 10.4. The highest BCUT2D eigenvalue weighted by Gasteiger charge is 2.27. The van der Waals surface area contributed by atoms with Crippen LogP contribution in [-0.2, 0) is 9.53 Å². The third-order valence-corrected chi connectivity index (χ3v) is 2.93. The first kappa shape index (κ1) is 18.2. The first-order valence-electron chi connectivity index (χ1n) is 6.50. The van der Waals surface area contributed by atoms with E-state index in [1.165, 1.54) is 29.6 Å². The largest absolute Gasteiger partial charge is 0.507 e. The molecule has 2 aromatic carbocycles. The van der Waals surface area contributed by atoms with Crippen molar-refractivity contribution in [2.45, 2.75) is 0 Å². The molecule has 0 unspecified atom stereocenters. The molecule has 0 saturated heterocycles. The standard InChI is InChI=1S/C15H8F5NO4/c16-9-10(17)12(19)14(13(20)11(9)18)21-8(23)5-25-15(24)6-3-1-2-4-7(6)22/h1-4,22H,5H2,(H,21,23). The van der Waals surface area contributed by atoms with Gasteiger partial charge in [0.05, 0.1) is 0 Å². The number of hydrogen-bond acceptors (Lipinski definition) is 4. The van der Waals surface area contributed by atoms with Gasteiger partial charge in [-0.05, 0) is 12.1 Å². The van der Waals surface area contributed by atoms with Crippen molar-refractivity contribution in [1.82, 2.24) is 0 Å². The van der Waals surface area contributed by atoms with Gasteiger partial charge in [-0.2, -0.15) is 0 Å². The Hall–Kier alpha value is -3.17. The third kappa shape index (κ3) is 3.67. The van der Waals surface area contributed by atoms with Crippen LogP contribution in [0.25, 0.3) is 0 Å². The van der Waals surface area contributed by atoms with E-state index in [2.05, 4.69) is 4.74 Å². The molecule has 0 atom stereocenters. The van der Waals surface area contributed by atoms with Gasteiger partial charge in [-0.3, -0.25) is 4.79 Å². The van der Waals surface area contributed by atoms with Crippen molar-refractivity contribution in [3.63, 3.8) is 0 Å². The number of hydrogen-bond donors (Lipinski definition) is 2. The van der Waals surface area contributed by atoms with E-state index in [-0.39, 0.29) is 5.56 Å². The van der Waals surface area contributed by atoms with Gasteiger partial charge in [0.2, 0.25) is 5.82 Å². The van der Waals surface area contributed by atoms with E-state index in [0.29, 0.717) is 0 Å². The lowest BCUT2D eigenvalue weighted by atomic mass is 10.2. The van der Waals surface area contributed by atoms with Crippen LogP contribution in [0, 0.1) is 29.1 Å². The first-order valence-corrected chi connectivity index (χ1v) is 6.50. The molecule has 2 aromatic rings. The number of carbonyl (C=O) groups excluding carboxylic acids is 2. The molecule has 2 N–H and O–H groups in total. The van der Waals surface area contributed by atoms with Crippen molar-refractivity contribution in [1.29, 1.82) is 0 Å². The van der Waals surface area contributed by atoms with E-state index in [1.54, 1.807) is 0 Å². The summed E-state index contributed by atoms with van der Waals surface area (Å²) in [6.45, 7) is -1.09. The summed E-state index contributed by atoms with van der Waals surface area (Å²) in [4.78, 5) is 23.2. The molecule has 0 aliphatic rings. The van der Waals surface area contributed by atoms with E-state index >= 15 is 0 Å². The van der Waals surface area contributed by atoms with Crippen molar-refractivity contribution in [2.24, 2.45) is 0 Å². The summed E-state index contributed by atoms with van der Waals surface area (Å²) in [7, 11) is 0. The molecule has 25 heavy (non-hydrogen) atoms. The monoisotopic (exact) mass is 361 g/mol. The predicted molar refractivity (Wildman–Crippen MR) is 73.3 cm³/mol. The molecule has 0 aromatic heterocycles. The second-order valence-electron chi connectivity index (χ2n) is 4.59. The number of benzene rings is 2. The fraction of sp³-hybridized carbons (Fsp3) is 0.0667. The number of para-hydroxylation sites is 1.